The number of fused-ring (bicyclic) bond motifs is 1. The zero-order valence-corrected chi connectivity index (χ0v) is 18.3. The molecule has 0 saturated carbocycles. The molecule has 2 spiro atoms. The summed E-state index contributed by atoms with van der Waals surface area (Å²) in [5, 5.41) is 0. The molecule has 1 amide bonds. The van der Waals surface area contributed by atoms with Gasteiger partial charge in [-0.3, -0.25) is 4.79 Å². The highest BCUT2D eigenvalue weighted by Crippen LogP contribution is 2.58. The van der Waals surface area contributed by atoms with Gasteiger partial charge in [-0.2, -0.15) is 0 Å². The Hall–Kier alpha value is -1.73. The van der Waals surface area contributed by atoms with Gasteiger partial charge in [-0.25, -0.2) is 9.97 Å². The molecule has 7 nitrogen and oxygen atoms in total. The van der Waals surface area contributed by atoms with E-state index in [1.807, 2.05) is 18.5 Å². The average molecular weight is 414 g/mol. The maximum absolute atomic E-state index is 13.6. The van der Waals surface area contributed by atoms with Crippen LogP contribution in [0.4, 0.5) is 5.95 Å². The minimum atomic E-state index is -0.271. The highest BCUT2D eigenvalue weighted by Gasteiger charge is 2.65. The second-order valence-corrected chi connectivity index (χ2v) is 9.76. The van der Waals surface area contributed by atoms with Crippen LogP contribution in [0.5, 0.6) is 0 Å². The van der Waals surface area contributed by atoms with Crippen LogP contribution in [-0.4, -0.2) is 84.7 Å². The topological polar surface area (TPSA) is 61.8 Å². The van der Waals surface area contributed by atoms with Gasteiger partial charge in [-0.1, -0.05) is 0 Å². The van der Waals surface area contributed by atoms with Crippen molar-refractivity contribution < 1.29 is 9.53 Å². The fourth-order valence-electron chi connectivity index (χ4n) is 6.53. The molecule has 1 atom stereocenters. The van der Waals surface area contributed by atoms with Crippen molar-refractivity contribution in [1.29, 1.82) is 0 Å². The Morgan fingerprint density at radius 3 is 2.47 bits per heavy atom. The number of carbonyl (C=O) groups excluding carboxylic acids is 1. The van der Waals surface area contributed by atoms with Crippen molar-refractivity contribution in [2.75, 3.05) is 63.9 Å². The molecule has 4 aliphatic heterocycles. The van der Waals surface area contributed by atoms with E-state index in [2.05, 4.69) is 31.6 Å². The van der Waals surface area contributed by atoms with E-state index >= 15 is 0 Å². The molecule has 30 heavy (non-hydrogen) atoms. The second kappa shape index (κ2) is 8.08. The minimum absolute atomic E-state index is 0.0411. The summed E-state index contributed by atoms with van der Waals surface area (Å²) in [6.45, 7) is 10.7. The van der Waals surface area contributed by atoms with Crippen molar-refractivity contribution in [3.05, 3.63) is 18.5 Å². The molecule has 5 rings (SSSR count). The van der Waals surface area contributed by atoms with E-state index in [9.17, 15) is 4.79 Å². The van der Waals surface area contributed by atoms with Crippen molar-refractivity contribution in [3.63, 3.8) is 0 Å². The van der Waals surface area contributed by atoms with E-state index in [-0.39, 0.29) is 10.8 Å². The SMILES string of the molecule is CCN1CC[C@]2(CN(c3ncccn3)CC23CCN(CC2CCOCC2)CC3)C1=O. The maximum atomic E-state index is 13.6. The van der Waals surface area contributed by atoms with Crippen molar-refractivity contribution >= 4 is 11.9 Å². The van der Waals surface area contributed by atoms with Crippen LogP contribution < -0.4 is 4.90 Å². The van der Waals surface area contributed by atoms with Crippen LogP contribution in [0, 0.1) is 16.7 Å². The summed E-state index contributed by atoms with van der Waals surface area (Å²) in [6, 6.07) is 1.86. The van der Waals surface area contributed by atoms with Crippen LogP contribution in [-0.2, 0) is 9.53 Å². The predicted octanol–water partition coefficient (Wildman–Crippen LogP) is 2.04. The Balaban J connectivity index is 1.36. The molecule has 0 bridgehead atoms. The molecule has 0 aromatic carbocycles. The first kappa shape index (κ1) is 20.2. The molecule has 0 radical (unpaired) electrons. The third-order valence-electron chi connectivity index (χ3n) is 8.36. The van der Waals surface area contributed by atoms with Crippen LogP contribution in [0.1, 0.15) is 39.0 Å². The number of anilines is 1. The lowest BCUT2D eigenvalue weighted by Gasteiger charge is -2.47. The molecule has 4 fully saturated rings. The van der Waals surface area contributed by atoms with Crippen LogP contribution in [0.25, 0.3) is 0 Å². The molecule has 0 aliphatic carbocycles. The van der Waals surface area contributed by atoms with Gasteiger partial charge in [0.1, 0.15) is 0 Å². The molecule has 4 saturated heterocycles. The number of aromatic nitrogens is 2. The van der Waals surface area contributed by atoms with Crippen LogP contribution >= 0.6 is 0 Å². The van der Waals surface area contributed by atoms with Gasteiger partial charge < -0.3 is 19.4 Å². The Morgan fingerprint density at radius 2 is 1.80 bits per heavy atom. The van der Waals surface area contributed by atoms with Crippen LogP contribution in [0.2, 0.25) is 0 Å². The highest BCUT2D eigenvalue weighted by molar-refractivity contribution is 5.87. The lowest BCUT2D eigenvalue weighted by atomic mass is 9.60. The number of piperidine rings is 1. The summed E-state index contributed by atoms with van der Waals surface area (Å²) in [4.78, 5) is 29.7. The standard InChI is InChI=1S/C23H35N5O2/c1-2-27-13-8-23(20(27)29)18-28(21-24-9-3-10-25-21)17-22(23)6-11-26(12-7-22)16-19-4-14-30-15-5-19/h3,9-10,19H,2,4-8,11-18H2,1H3/t23-/m0/s1. The summed E-state index contributed by atoms with van der Waals surface area (Å²) < 4.78 is 5.54. The highest BCUT2D eigenvalue weighted by atomic mass is 16.5. The summed E-state index contributed by atoms with van der Waals surface area (Å²) in [7, 11) is 0. The first-order valence-electron chi connectivity index (χ1n) is 11.8. The van der Waals surface area contributed by atoms with E-state index in [1.54, 1.807) is 0 Å². The zero-order valence-electron chi connectivity index (χ0n) is 18.3. The normalized spacial score (nSPS) is 30.1. The monoisotopic (exact) mass is 413 g/mol. The number of likely N-dealkylation sites (tertiary alicyclic amines) is 2. The lowest BCUT2D eigenvalue weighted by Crippen LogP contribution is -2.53. The largest absolute Gasteiger partial charge is 0.381 e. The molecule has 1 aromatic rings. The summed E-state index contributed by atoms with van der Waals surface area (Å²) in [5.74, 6) is 1.92. The van der Waals surface area contributed by atoms with E-state index < -0.39 is 0 Å². The summed E-state index contributed by atoms with van der Waals surface area (Å²) >= 11 is 0. The van der Waals surface area contributed by atoms with Gasteiger partial charge in [0.25, 0.3) is 0 Å². The summed E-state index contributed by atoms with van der Waals surface area (Å²) in [6.07, 6.45) is 9.18. The Morgan fingerprint density at radius 1 is 1.07 bits per heavy atom. The van der Waals surface area contributed by atoms with Gasteiger partial charge >= 0.3 is 0 Å². The molecule has 164 valence electrons. The molecular formula is C23H35N5O2. The number of rotatable bonds is 4. The summed E-state index contributed by atoms with van der Waals surface area (Å²) in [5.41, 5.74) is -0.230. The fourth-order valence-corrected chi connectivity index (χ4v) is 6.53. The number of amides is 1. The van der Waals surface area contributed by atoms with Gasteiger partial charge in [0.15, 0.2) is 0 Å². The van der Waals surface area contributed by atoms with E-state index in [0.29, 0.717) is 5.91 Å². The van der Waals surface area contributed by atoms with Crippen LogP contribution in [0.15, 0.2) is 18.5 Å². The van der Waals surface area contributed by atoms with Gasteiger partial charge in [-0.15, -0.1) is 0 Å². The molecule has 1 aromatic heterocycles. The zero-order chi connectivity index (χ0) is 20.6. The Labute approximate surface area is 179 Å². The van der Waals surface area contributed by atoms with Crippen LogP contribution in [0.3, 0.4) is 0 Å². The van der Waals surface area contributed by atoms with Gasteiger partial charge in [0, 0.05) is 63.7 Å². The Bertz CT molecular complexity index is 745. The van der Waals surface area contributed by atoms with Gasteiger partial charge in [0.05, 0.1) is 5.41 Å². The van der Waals surface area contributed by atoms with Crippen molar-refractivity contribution in [2.24, 2.45) is 16.7 Å². The lowest BCUT2D eigenvalue weighted by molar-refractivity contribution is -0.142. The second-order valence-electron chi connectivity index (χ2n) is 9.76. The number of carbonyl (C=O) groups is 1. The number of hydrogen-bond acceptors (Lipinski definition) is 6. The quantitative estimate of drug-likeness (QED) is 0.753. The smallest absolute Gasteiger partial charge is 0.231 e. The first-order chi connectivity index (χ1) is 14.7. The van der Waals surface area contributed by atoms with E-state index in [1.165, 1.54) is 19.4 Å². The average Bonchev–Trinajstić information content (AvgIpc) is 3.29. The first-order valence-corrected chi connectivity index (χ1v) is 11.8. The van der Waals surface area contributed by atoms with Crippen molar-refractivity contribution in [1.82, 2.24) is 19.8 Å². The van der Waals surface area contributed by atoms with Gasteiger partial charge in [-0.05, 0) is 64.1 Å². The Kier molecular flexibility index (Phi) is 5.44. The molecule has 7 heteroatoms. The minimum Gasteiger partial charge on any atom is -0.381 e. The van der Waals surface area contributed by atoms with E-state index in [0.717, 1.165) is 83.6 Å². The number of nitrogens with zero attached hydrogens (tertiary/aromatic N) is 5. The van der Waals surface area contributed by atoms with Gasteiger partial charge in [0.2, 0.25) is 11.9 Å². The molecule has 5 heterocycles. The third kappa shape index (κ3) is 3.30. The number of hydrogen-bond donors (Lipinski definition) is 0. The molecule has 0 N–H and O–H groups in total. The van der Waals surface area contributed by atoms with Crippen molar-refractivity contribution in [2.45, 2.75) is 39.0 Å². The third-order valence-corrected chi connectivity index (χ3v) is 8.36. The predicted molar refractivity (Wildman–Crippen MR) is 115 cm³/mol. The molecule has 4 aliphatic rings. The maximum Gasteiger partial charge on any atom is 0.231 e. The molecular weight excluding hydrogens is 378 g/mol. The number of ether oxygens (including phenoxy) is 1. The van der Waals surface area contributed by atoms with E-state index in [4.69, 9.17) is 4.74 Å². The fraction of sp³-hybridized carbons (Fsp3) is 0.783. The molecule has 0 unspecified atom stereocenters. The van der Waals surface area contributed by atoms with Crippen molar-refractivity contribution in [3.8, 4) is 0 Å².